The minimum absolute atomic E-state index is 0.177. The molecular weight excluding hydrogens is 353 g/mol. The number of rotatable bonds is 3. The first kappa shape index (κ1) is 19.0. The predicted molar refractivity (Wildman–Crippen MR) is 76.8 cm³/mol. The van der Waals surface area contributed by atoms with Crippen LogP contribution in [0.4, 0.5) is 30.7 Å². The number of halogens is 7. The molecule has 1 unspecified atom stereocenters. The number of hydrogen-bond donors (Lipinski definition) is 1. The first-order valence-corrected chi connectivity index (χ1v) is 6.85. The summed E-state index contributed by atoms with van der Waals surface area (Å²) in [5, 5.41) is 10.1. The van der Waals surface area contributed by atoms with Gasteiger partial charge in [0.2, 0.25) is 5.60 Å². The highest BCUT2D eigenvalue weighted by atomic mass is 19.4. The molecule has 0 radical (unpaired) electrons. The van der Waals surface area contributed by atoms with Crippen LogP contribution in [0.2, 0.25) is 0 Å². The van der Waals surface area contributed by atoms with Crippen molar-refractivity contribution >= 4 is 6.08 Å². The summed E-state index contributed by atoms with van der Waals surface area (Å²) in [6.45, 7) is 0. The molecule has 0 saturated heterocycles. The average molecular weight is 364 g/mol. The summed E-state index contributed by atoms with van der Waals surface area (Å²) in [6, 6.07) is 6.45. The molecule has 1 atom stereocenters. The van der Waals surface area contributed by atoms with E-state index in [4.69, 9.17) is 0 Å². The minimum atomic E-state index is -5.18. The van der Waals surface area contributed by atoms with Crippen molar-refractivity contribution in [2.45, 2.75) is 18.0 Å². The second kappa shape index (κ2) is 6.51. The molecule has 2 aromatic carbocycles. The molecule has 25 heavy (non-hydrogen) atoms. The van der Waals surface area contributed by atoms with Gasteiger partial charge in [-0.25, -0.2) is 4.39 Å². The van der Waals surface area contributed by atoms with E-state index in [9.17, 15) is 35.8 Å². The molecule has 0 bridgehead atoms. The summed E-state index contributed by atoms with van der Waals surface area (Å²) < 4.78 is 90.3. The third kappa shape index (κ3) is 4.19. The van der Waals surface area contributed by atoms with Crippen LogP contribution in [0.25, 0.3) is 6.08 Å². The van der Waals surface area contributed by atoms with E-state index in [2.05, 4.69) is 0 Å². The first-order chi connectivity index (χ1) is 11.4. The van der Waals surface area contributed by atoms with Crippen LogP contribution in [-0.2, 0) is 11.8 Å². The molecule has 134 valence electrons. The zero-order valence-corrected chi connectivity index (χ0v) is 12.4. The summed E-state index contributed by atoms with van der Waals surface area (Å²) in [7, 11) is 0. The van der Waals surface area contributed by atoms with Crippen LogP contribution in [-0.4, -0.2) is 11.3 Å². The van der Waals surface area contributed by atoms with Gasteiger partial charge in [-0.15, -0.1) is 0 Å². The highest BCUT2D eigenvalue weighted by molar-refractivity contribution is 5.52. The van der Waals surface area contributed by atoms with Crippen LogP contribution in [0.15, 0.2) is 54.6 Å². The maximum Gasteiger partial charge on any atom is 0.425 e. The topological polar surface area (TPSA) is 20.2 Å². The van der Waals surface area contributed by atoms with Gasteiger partial charge in [-0.05, 0) is 41.5 Å². The van der Waals surface area contributed by atoms with Gasteiger partial charge < -0.3 is 5.11 Å². The van der Waals surface area contributed by atoms with E-state index >= 15 is 0 Å². The van der Waals surface area contributed by atoms with Crippen molar-refractivity contribution in [1.29, 1.82) is 0 Å². The maximum atomic E-state index is 13.3. The fraction of sp³-hybridized carbons (Fsp3) is 0.176. The van der Waals surface area contributed by atoms with Gasteiger partial charge in [0, 0.05) is 0 Å². The van der Waals surface area contributed by atoms with Crippen molar-refractivity contribution in [2.24, 2.45) is 0 Å². The molecule has 0 heterocycles. The van der Waals surface area contributed by atoms with Crippen LogP contribution >= 0.6 is 0 Å². The number of aliphatic hydroxyl groups is 1. The van der Waals surface area contributed by atoms with Gasteiger partial charge in [0.25, 0.3) is 0 Å². The third-order valence-electron chi connectivity index (χ3n) is 3.47. The Morgan fingerprint density at radius 1 is 0.720 bits per heavy atom. The Morgan fingerprint density at radius 3 is 1.64 bits per heavy atom. The van der Waals surface area contributed by atoms with Gasteiger partial charge in [0.1, 0.15) is 5.82 Å². The Bertz CT molecular complexity index is 743. The summed E-state index contributed by atoms with van der Waals surface area (Å²) in [5.74, 6) is -0.592. The lowest BCUT2D eigenvalue weighted by molar-refractivity contribution is -0.244. The molecule has 0 saturated carbocycles. The van der Waals surface area contributed by atoms with Crippen molar-refractivity contribution in [2.75, 3.05) is 0 Å². The van der Waals surface area contributed by atoms with Crippen molar-refractivity contribution in [1.82, 2.24) is 0 Å². The van der Waals surface area contributed by atoms with Gasteiger partial charge in [-0.2, -0.15) is 26.3 Å². The maximum absolute atomic E-state index is 13.3. The predicted octanol–water partition coefficient (Wildman–Crippen LogP) is 5.31. The highest BCUT2D eigenvalue weighted by Crippen LogP contribution is 2.41. The molecule has 0 aliphatic carbocycles. The summed E-state index contributed by atoms with van der Waals surface area (Å²) >= 11 is 0. The summed E-state index contributed by atoms with van der Waals surface area (Å²) in [6.07, 6.45) is -8.57. The Hall–Kier alpha value is -2.35. The molecule has 0 aromatic heterocycles. The molecule has 0 amide bonds. The smallest absolute Gasteiger partial charge is 0.373 e. The second-order valence-electron chi connectivity index (χ2n) is 5.22. The summed E-state index contributed by atoms with van der Waals surface area (Å²) in [4.78, 5) is 0. The lowest BCUT2D eigenvalue weighted by Gasteiger charge is -2.28. The quantitative estimate of drug-likeness (QED) is 0.732. The molecule has 0 aliphatic heterocycles. The van der Waals surface area contributed by atoms with Crippen molar-refractivity contribution in [3.05, 3.63) is 77.1 Å². The third-order valence-corrected chi connectivity index (χ3v) is 3.47. The van der Waals surface area contributed by atoms with Gasteiger partial charge in [0.05, 0.1) is 5.56 Å². The van der Waals surface area contributed by atoms with E-state index in [0.29, 0.717) is 30.3 Å². The second-order valence-corrected chi connectivity index (χ2v) is 5.22. The van der Waals surface area contributed by atoms with E-state index in [0.717, 1.165) is 18.2 Å². The van der Waals surface area contributed by atoms with Gasteiger partial charge in [-0.3, -0.25) is 0 Å². The lowest BCUT2D eigenvalue weighted by atomic mass is 9.91. The standard InChI is InChI=1S/C17H11F7O/c18-14-7-1-11(2-8-14)9-10-15(25,17(22,23)24)12-3-5-13(6-4-12)16(19,20)21/h1-10,25H. The van der Waals surface area contributed by atoms with Crippen molar-refractivity contribution < 1.29 is 35.8 Å². The first-order valence-electron chi connectivity index (χ1n) is 6.85. The SMILES string of the molecule is OC(C=Cc1ccc(F)cc1)(c1ccc(C(F)(F)F)cc1)C(F)(F)F. The molecule has 2 aromatic rings. The molecular formula is C17H11F7O. The monoisotopic (exact) mass is 364 g/mol. The van der Waals surface area contributed by atoms with Crippen LogP contribution < -0.4 is 0 Å². The highest BCUT2D eigenvalue weighted by Gasteiger charge is 2.53. The largest absolute Gasteiger partial charge is 0.425 e. The minimum Gasteiger partial charge on any atom is -0.373 e. The Balaban J connectivity index is 2.42. The molecule has 1 N–H and O–H groups in total. The van der Waals surface area contributed by atoms with Crippen LogP contribution in [0, 0.1) is 5.82 Å². The van der Waals surface area contributed by atoms with E-state index in [-0.39, 0.29) is 5.56 Å². The molecule has 2 rings (SSSR count). The van der Waals surface area contributed by atoms with Gasteiger partial charge >= 0.3 is 12.4 Å². The van der Waals surface area contributed by atoms with E-state index in [1.54, 1.807) is 0 Å². The van der Waals surface area contributed by atoms with Gasteiger partial charge in [-0.1, -0.05) is 30.3 Å². The van der Waals surface area contributed by atoms with E-state index in [1.807, 2.05) is 0 Å². The van der Waals surface area contributed by atoms with Crippen LogP contribution in [0.1, 0.15) is 16.7 Å². The number of hydrogen-bond acceptors (Lipinski definition) is 1. The zero-order chi connectivity index (χ0) is 18.9. The van der Waals surface area contributed by atoms with Gasteiger partial charge in [0.15, 0.2) is 0 Å². The molecule has 0 aliphatic rings. The van der Waals surface area contributed by atoms with Crippen LogP contribution in [0.3, 0.4) is 0 Å². The Morgan fingerprint density at radius 2 is 1.20 bits per heavy atom. The number of alkyl halides is 6. The fourth-order valence-corrected chi connectivity index (χ4v) is 2.06. The summed E-state index contributed by atoms with van der Waals surface area (Å²) in [5.41, 5.74) is -5.23. The molecule has 0 fully saturated rings. The fourth-order valence-electron chi connectivity index (χ4n) is 2.06. The molecule has 1 nitrogen and oxygen atoms in total. The molecule has 8 heteroatoms. The average Bonchev–Trinajstić information content (AvgIpc) is 2.52. The Labute approximate surface area is 138 Å². The lowest BCUT2D eigenvalue weighted by Crippen LogP contribution is -2.40. The van der Waals surface area contributed by atoms with Crippen molar-refractivity contribution in [3.8, 4) is 0 Å². The van der Waals surface area contributed by atoms with E-state index < -0.39 is 34.9 Å². The zero-order valence-electron chi connectivity index (χ0n) is 12.4. The number of benzene rings is 2. The van der Waals surface area contributed by atoms with E-state index in [1.165, 1.54) is 12.1 Å². The van der Waals surface area contributed by atoms with Crippen LogP contribution in [0.5, 0.6) is 0 Å². The molecule has 0 spiro atoms. The Kier molecular flexibility index (Phi) is 4.94. The normalized spacial score (nSPS) is 15.4. The van der Waals surface area contributed by atoms with Crippen molar-refractivity contribution in [3.63, 3.8) is 0 Å².